The molecule has 0 aliphatic carbocycles. The number of rotatable bonds is 4. The minimum absolute atomic E-state index is 0.0887. The molecule has 0 aromatic carbocycles. The van der Waals surface area contributed by atoms with E-state index < -0.39 is 16.1 Å². The van der Waals surface area contributed by atoms with E-state index in [2.05, 4.69) is 5.32 Å². The first-order valence-corrected chi connectivity index (χ1v) is 7.98. The Kier molecular flexibility index (Phi) is 4.94. The highest BCUT2D eigenvalue weighted by Crippen LogP contribution is 2.20. The Balaban J connectivity index is 2.75. The van der Waals surface area contributed by atoms with E-state index in [9.17, 15) is 13.2 Å². The van der Waals surface area contributed by atoms with E-state index in [0.717, 1.165) is 19.3 Å². The average molecular weight is 262 g/mol. The molecule has 6 heteroatoms. The fourth-order valence-electron chi connectivity index (χ4n) is 2.01. The van der Waals surface area contributed by atoms with Gasteiger partial charge in [-0.1, -0.05) is 13.3 Å². The first kappa shape index (κ1) is 14.4. The molecule has 1 heterocycles. The lowest BCUT2D eigenvalue weighted by Crippen LogP contribution is -2.52. The summed E-state index contributed by atoms with van der Waals surface area (Å²) < 4.78 is 24.5. The highest BCUT2D eigenvalue weighted by atomic mass is 32.2. The van der Waals surface area contributed by atoms with Crippen LogP contribution in [-0.2, 0) is 14.8 Å². The van der Waals surface area contributed by atoms with Gasteiger partial charge in [-0.2, -0.15) is 4.31 Å². The topological polar surface area (TPSA) is 66.5 Å². The maximum absolute atomic E-state index is 12.0. The molecule has 2 atom stereocenters. The Morgan fingerprint density at radius 2 is 2.12 bits per heavy atom. The van der Waals surface area contributed by atoms with Gasteiger partial charge in [0.05, 0.1) is 6.26 Å². The molecule has 1 N–H and O–H groups in total. The molecule has 1 rings (SSSR count). The second kappa shape index (κ2) is 5.82. The second-order valence-electron chi connectivity index (χ2n) is 4.70. The number of hydrogen-bond acceptors (Lipinski definition) is 3. The summed E-state index contributed by atoms with van der Waals surface area (Å²) in [7, 11) is -3.29. The molecule has 1 aliphatic rings. The number of piperidine rings is 1. The highest BCUT2D eigenvalue weighted by molar-refractivity contribution is 7.88. The predicted molar refractivity (Wildman–Crippen MR) is 67.1 cm³/mol. The van der Waals surface area contributed by atoms with Crippen LogP contribution in [0.3, 0.4) is 0 Å². The Labute approximate surface area is 104 Å². The Hall–Kier alpha value is -0.620. The van der Waals surface area contributed by atoms with Gasteiger partial charge in [0.25, 0.3) is 0 Å². The Morgan fingerprint density at radius 1 is 1.47 bits per heavy atom. The first-order valence-electron chi connectivity index (χ1n) is 6.13. The number of nitrogens with zero attached hydrogens (tertiary/aromatic N) is 1. The van der Waals surface area contributed by atoms with Crippen LogP contribution in [0.15, 0.2) is 0 Å². The van der Waals surface area contributed by atoms with Gasteiger partial charge >= 0.3 is 0 Å². The molecule has 100 valence electrons. The van der Waals surface area contributed by atoms with Gasteiger partial charge in [-0.3, -0.25) is 4.79 Å². The standard InChI is InChI=1S/C11H22N2O3S/c1-4-9(2)12-11(14)10-7-5-6-8-13(10)17(3,15)16/h9-10H,4-8H2,1-3H3,(H,12,14). The minimum atomic E-state index is -3.29. The predicted octanol–water partition coefficient (Wildman–Crippen LogP) is 0.715. The number of carbonyl (C=O) groups is 1. The van der Waals surface area contributed by atoms with Crippen molar-refractivity contribution in [2.75, 3.05) is 12.8 Å². The van der Waals surface area contributed by atoms with Crippen molar-refractivity contribution in [3.8, 4) is 0 Å². The molecule has 0 bridgehead atoms. The van der Waals surface area contributed by atoms with Gasteiger partial charge in [0.15, 0.2) is 0 Å². The van der Waals surface area contributed by atoms with Crippen LogP contribution in [0.1, 0.15) is 39.5 Å². The summed E-state index contributed by atoms with van der Waals surface area (Å²) in [6.45, 7) is 4.36. The Morgan fingerprint density at radius 3 is 2.65 bits per heavy atom. The van der Waals surface area contributed by atoms with E-state index in [-0.39, 0.29) is 11.9 Å². The molecule has 1 fully saturated rings. The normalized spacial score (nSPS) is 24.3. The monoisotopic (exact) mass is 262 g/mol. The fourth-order valence-corrected chi connectivity index (χ4v) is 3.13. The molecule has 1 saturated heterocycles. The van der Waals surface area contributed by atoms with Crippen LogP contribution in [-0.4, -0.2) is 43.5 Å². The van der Waals surface area contributed by atoms with Gasteiger partial charge < -0.3 is 5.32 Å². The zero-order chi connectivity index (χ0) is 13.1. The van der Waals surface area contributed by atoms with E-state index in [1.54, 1.807) is 0 Å². The summed E-state index contributed by atoms with van der Waals surface area (Å²) in [6.07, 6.45) is 4.37. The molecule has 0 saturated carbocycles. The number of nitrogens with one attached hydrogen (secondary N) is 1. The quantitative estimate of drug-likeness (QED) is 0.811. The van der Waals surface area contributed by atoms with Crippen molar-refractivity contribution in [3.63, 3.8) is 0 Å². The fraction of sp³-hybridized carbons (Fsp3) is 0.909. The number of sulfonamides is 1. The van der Waals surface area contributed by atoms with Crippen LogP contribution in [0.2, 0.25) is 0 Å². The lowest BCUT2D eigenvalue weighted by molar-refractivity contribution is -0.126. The molecule has 0 spiro atoms. The molecule has 17 heavy (non-hydrogen) atoms. The van der Waals surface area contributed by atoms with Crippen LogP contribution in [0.5, 0.6) is 0 Å². The van der Waals surface area contributed by atoms with Crippen molar-refractivity contribution in [2.24, 2.45) is 0 Å². The molecular weight excluding hydrogens is 240 g/mol. The molecule has 0 radical (unpaired) electrons. The molecule has 0 aromatic heterocycles. The van der Waals surface area contributed by atoms with Crippen molar-refractivity contribution < 1.29 is 13.2 Å². The van der Waals surface area contributed by atoms with E-state index in [0.29, 0.717) is 13.0 Å². The van der Waals surface area contributed by atoms with Gasteiger partial charge in [-0.15, -0.1) is 0 Å². The van der Waals surface area contributed by atoms with Crippen LogP contribution >= 0.6 is 0 Å². The van der Waals surface area contributed by atoms with Gasteiger partial charge in [0.1, 0.15) is 6.04 Å². The average Bonchev–Trinajstić information content (AvgIpc) is 2.27. The number of hydrogen-bond donors (Lipinski definition) is 1. The van der Waals surface area contributed by atoms with Crippen LogP contribution in [0.25, 0.3) is 0 Å². The first-order chi connectivity index (χ1) is 7.86. The SMILES string of the molecule is CCC(C)NC(=O)C1CCCCN1S(C)(=O)=O. The summed E-state index contributed by atoms with van der Waals surface area (Å²) in [5.41, 5.74) is 0. The van der Waals surface area contributed by atoms with Gasteiger partial charge in [-0.25, -0.2) is 8.42 Å². The van der Waals surface area contributed by atoms with E-state index in [4.69, 9.17) is 0 Å². The third-order valence-electron chi connectivity index (χ3n) is 3.18. The maximum atomic E-state index is 12.0. The van der Waals surface area contributed by atoms with Crippen molar-refractivity contribution in [2.45, 2.75) is 51.6 Å². The van der Waals surface area contributed by atoms with Crippen molar-refractivity contribution in [1.29, 1.82) is 0 Å². The molecular formula is C11H22N2O3S. The minimum Gasteiger partial charge on any atom is -0.352 e. The molecule has 2 unspecified atom stereocenters. The second-order valence-corrected chi connectivity index (χ2v) is 6.64. The summed E-state index contributed by atoms with van der Waals surface area (Å²) in [5.74, 6) is -0.163. The van der Waals surface area contributed by atoms with E-state index in [1.165, 1.54) is 10.6 Å². The third kappa shape index (κ3) is 3.96. The lowest BCUT2D eigenvalue weighted by Gasteiger charge is -2.33. The lowest BCUT2D eigenvalue weighted by atomic mass is 10.0. The maximum Gasteiger partial charge on any atom is 0.238 e. The highest BCUT2D eigenvalue weighted by Gasteiger charge is 2.34. The molecule has 1 amide bonds. The summed E-state index contributed by atoms with van der Waals surface area (Å²) >= 11 is 0. The zero-order valence-electron chi connectivity index (χ0n) is 10.8. The zero-order valence-corrected chi connectivity index (χ0v) is 11.6. The van der Waals surface area contributed by atoms with Crippen molar-refractivity contribution in [1.82, 2.24) is 9.62 Å². The summed E-state index contributed by atoms with van der Waals surface area (Å²) in [6, 6.07) is -0.432. The summed E-state index contributed by atoms with van der Waals surface area (Å²) in [4.78, 5) is 12.0. The third-order valence-corrected chi connectivity index (χ3v) is 4.47. The van der Waals surface area contributed by atoms with Crippen molar-refractivity contribution in [3.05, 3.63) is 0 Å². The summed E-state index contributed by atoms with van der Waals surface area (Å²) in [5, 5.41) is 2.86. The van der Waals surface area contributed by atoms with Gasteiger partial charge in [0.2, 0.25) is 15.9 Å². The molecule has 5 nitrogen and oxygen atoms in total. The van der Waals surface area contributed by atoms with E-state index in [1.807, 2.05) is 13.8 Å². The molecule has 1 aliphatic heterocycles. The Bertz CT molecular complexity index is 367. The van der Waals surface area contributed by atoms with Gasteiger partial charge in [0, 0.05) is 12.6 Å². The van der Waals surface area contributed by atoms with Crippen LogP contribution in [0.4, 0.5) is 0 Å². The van der Waals surface area contributed by atoms with Crippen molar-refractivity contribution >= 4 is 15.9 Å². The smallest absolute Gasteiger partial charge is 0.238 e. The van der Waals surface area contributed by atoms with Gasteiger partial charge in [-0.05, 0) is 26.2 Å². The molecule has 0 aromatic rings. The number of amides is 1. The largest absolute Gasteiger partial charge is 0.352 e. The van der Waals surface area contributed by atoms with Crippen LogP contribution in [0, 0.1) is 0 Å². The van der Waals surface area contributed by atoms with Crippen LogP contribution < -0.4 is 5.32 Å². The number of carbonyl (C=O) groups excluding carboxylic acids is 1. The van der Waals surface area contributed by atoms with E-state index >= 15 is 0 Å².